The van der Waals surface area contributed by atoms with Gasteiger partial charge < -0.3 is 14.6 Å². The number of rotatable bonds is 4. The summed E-state index contributed by atoms with van der Waals surface area (Å²) in [4.78, 5) is 14.7. The van der Waals surface area contributed by atoms with Gasteiger partial charge in [-0.1, -0.05) is 20.8 Å². The van der Waals surface area contributed by atoms with Crippen LogP contribution in [-0.2, 0) is 6.42 Å². The number of furan rings is 1. The van der Waals surface area contributed by atoms with Crippen molar-refractivity contribution < 1.29 is 9.21 Å². The molecule has 2 rings (SSSR count). The number of carbonyl (C=O) groups excluding carboxylic acids is 1. The van der Waals surface area contributed by atoms with Crippen LogP contribution in [0.5, 0.6) is 0 Å². The van der Waals surface area contributed by atoms with Gasteiger partial charge in [-0.3, -0.25) is 4.79 Å². The molecule has 0 radical (unpaired) electrons. The van der Waals surface area contributed by atoms with Crippen LogP contribution >= 0.6 is 0 Å². The lowest BCUT2D eigenvalue weighted by molar-refractivity contribution is 0.0573. The van der Waals surface area contributed by atoms with Crippen molar-refractivity contribution in [3.63, 3.8) is 0 Å². The molecule has 4 nitrogen and oxygen atoms in total. The van der Waals surface area contributed by atoms with Crippen molar-refractivity contribution in [2.45, 2.75) is 52.1 Å². The first-order valence-electron chi connectivity index (χ1n) is 7.31. The second kappa shape index (κ2) is 6.24. The molecule has 0 aliphatic carbocycles. The molecule has 0 spiro atoms. The van der Waals surface area contributed by atoms with E-state index in [-0.39, 0.29) is 11.9 Å². The van der Waals surface area contributed by atoms with Crippen molar-refractivity contribution >= 4 is 5.91 Å². The third-order valence-corrected chi connectivity index (χ3v) is 4.02. The molecule has 1 amide bonds. The van der Waals surface area contributed by atoms with E-state index < -0.39 is 0 Å². The van der Waals surface area contributed by atoms with E-state index in [1.807, 2.05) is 11.8 Å². The summed E-state index contributed by atoms with van der Waals surface area (Å²) < 4.78 is 5.38. The lowest BCUT2D eigenvalue weighted by Crippen LogP contribution is -2.57. The van der Waals surface area contributed by atoms with Crippen LogP contribution in [0.4, 0.5) is 0 Å². The van der Waals surface area contributed by atoms with Gasteiger partial charge in [0.15, 0.2) is 0 Å². The fraction of sp³-hybridized carbons (Fsp3) is 0.667. The molecule has 1 aromatic rings. The standard InChI is InChI=1S/C15H24N2O2/c1-4-11-10-17(12(5-2)9-16-11)15(18)13-7-8-19-14(13)6-3/h7-8,11-12,16H,4-6,9-10H2,1-3H3. The minimum atomic E-state index is 0.123. The number of aryl methyl sites for hydroxylation is 1. The Morgan fingerprint density at radius 1 is 1.42 bits per heavy atom. The average molecular weight is 264 g/mol. The molecule has 2 unspecified atom stereocenters. The highest BCUT2D eigenvalue weighted by Crippen LogP contribution is 2.19. The van der Waals surface area contributed by atoms with Crippen LogP contribution in [-0.4, -0.2) is 36.0 Å². The number of nitrogens with one attached hydrogen (secondary N) is 1. The Morgan fingerprint density at radius 2 is 2.21 bits per heavy atom. The van der Waals surface area contributed by atoms with Gasteiger partial charge in [-0.25, -0.2) is 0 Å². The molecule has 1 saturated heterocycles. The molecule has 1 aliphatic rings. The zero-order valence-electron chi connectivity index (χ0n) is 12.1. The van der Waals surface area contributed by atoms with Gasteiger partial charge in [0.25, 0.3) is 5.91 Å². The fourth-order valence-electron chi connectivity index (χ4n) is 2.71. The van der Waals surface area contributed by atoms with Crippen LogP contribution in [0.3, 0.4) is 0 Å². The van der Waals surface area contributed by atoms with Crippen LogP contribution in [0.2, 0.25) is 0 Å². The summed E-state index contributed by atoms with van der Waals surface area (Å²) in [5.74, 6) is 0.920. The van der Waals surface area contributed by atoms with E-state index in [0.29, 0.717) is 6.04 Å². The van der Waals surface area contributed by atoms with Crippen LogP contribution in [0.1, 0.15) is 49.7 Å². The van der Waals surface area contributed by atoms with Crippen LogP contribution in [0.15, 0.2) is 16.7 Å². The minimum absolute atomic E-state index is 0.123. The number of amides is 1. The normalized spacial score (nSPS) is 23.6. The first-order chi connectivity index (χ1) is 9.21. The van der Waals surface area contributed by atoms with Gasteiger partial charge in [0.05, 0.1) is 11.8 Å². The lowest BCUT2D eigenvalue weighted by atomic mass is 10.0. The maximum Gasteiger partial charge on any atom is 0.257 e. The van der Waals surface area contributed by atoms with Gasteiger partial charge in [0, 0.05) is 31.6 Å². The number of nitrogens with zero attached hydrogens (tertiary/aromatic N) is 1. The van der Waals surface area contributed by atoms with E-state index in [9.17, 15) is 4.79 Å². The molecule has 1 fully saturated rings. The highest BCUT2D eigenvalue weighted by atomic mass is 16.3. The molecule has 2 atom stereocenters. The molecule has 1 aliphatic heterocycles. The summed E-state index contributed by atoms with van der Waals surface area (Å²) in [5.41, 5.74) is 0.734. The molecule has 4 heteroatoms. The summed E-state index contributed by atoms with van der Waals surface area (Å²) in [5, 5.41) is 3.51. The van der Waals surface area contributed by atoms with Crippen molar-refractivity contribution in [3.05, 3.63) is 23.7 Å². The zero-order valence-corrected chi connectivity index (χ0v) is 12.1. The fourth-order valence-corrected chi connectivity index (χ4v) is 2.71. The molecule has 0 saturated carbocycles. The topological polar surface area (TPSA) is 45.5 Å². The third kappa shape index (κ3) is 2.84. The van der Waals surface area contributed by atoms with Gasteiger partial charge >= 0.3 is 0 Å². The van der Waals surface area contributed by atoms with E-state index in [2.05, 4.69) is 19.2 Å². The largest absolute Gasteiger partial charge is 0.469 e. The molecule has 2 heterocycles. The second-order valence-corrected chi connectivity index (χ2v) is 5.14. The van der Waals surface area contributed by atoms with E-state index in [1.54, 1.807) is 12.3 Å². The molecule has 0 bridgehead atoms. The van der Waals surface area contributed by atoms with Crippen molar-refractivity contribution in [2.24, 2.45) is 0 Å². The van der Waals surface area contributed by atoms with Crippen LogP contribution in [0, 0.1) is 0 Å². The van der Waals surface area contributed by atoms with Crippen LogP contribution < -0.4 is 5.32 Å². The number of hydrogen-bond acceptors (Lipinski definition) is 3. The van der Waals surface area contributed by atoms with Crippen molar-refractivity contribution in [2.75, 3.05) is 13.1 Å². The SMILES string of the molecule is CCc1occc1C(=O)N1CC(CC)NCC1CC. The maximum absolute atomic E-state index is 12.7. The Kier molecular flexibility index (Phi) is 4.64. The lowest BCUT2D eigenvalue weighted by Gasteiger charge is -2.40. The Morgan fingerprint density at radius 3 is 2.84 bits per heavy atom. The molecule has 1 aromatic heterocycles. The highest BCUT2D eigenvalue weighted by Gasteiger charge is 2.31. The predicted octanol–water partition coefficient (Wildman–Crippen LogP) is 2.44. The van der Waals surface area contributed by atoms with Crippen molar-refractivity contribution in [1.82, 2.24) is 10.2 Å². The molecule has 0 aromatic carbocycles. The smallest absolute Gasteiger partial charge is 0.257 e. The van der Waals surface area contributed by atoms with Crippen molar-refractivity contribution in [1.29, 1.82) is 0 Å². The minimum Gasteiger partial charge on any atom is -0.469 e. The van der Waals surface area contributed by atoms with Gasteiger partial charge in [-0.05, 0) is 18.9 Å². The van der Waals surface area contributed by atoms with E-state index in [0.717, 1.165) is 43.7 Å². The summed E-state index contributed by atoms with van der Waals surface area (Å²) in [6.07, 6.45) is 4.40. The average Bonchev–Trinajstić information content (AvgIpc) is 2.94. The molecular weight excluding hydrogens is 240 g/mol. The van der Waals surface area contributed by atoms with Crippen LogP contribution in [0.25, 0.3) is 0 Å². The summed E-state index contributed by atoms with van der Waals surface area (Å²) >= 11 is 0. The molecular formula is C15H24N2O2. The van der Waals surface area contributed by atoms with E-state index in [1.165, 1.54) is 0 Å². The van der Waals surface area contributed by atoms with Crippen molar-refractivity contribution in [3.8, 4) is 0 Å². The zero-order chi connectivity index (χ0) is 13.8. The summed E-state index contributed by atoms with van der Waals surface area (Å²) in [6, 6.07) is 2.50. The summed E-state index contributed by atoms with van der Waals surface area (Å²) in [6.45, 7) is 7.98. The molecule has 106 valence electrons. The van der Waals surface area contributed by atoms with Gasteiger partial charge in [0.2, 0.25) is 0 Å². The third-order valence-electron chi connectivity index (χ3n) is 4.02. The number of carbonyl (C=O) groups is 1. The molecule has 1 N–H and O–H groups in total. The summed E-state index contributed by atoms with van der Waals surface area (Å²) in [7, 11) is 0. The predicted molar refractivity (Wildman–Crippen MR) is 75.3 cm³/mol. The quantitative estimate of drug-likeness (QED) is 0.908. The number of piperazine rings is 1. The molecule has 19 heavy (non-hydrogen) atoms. The first-order valence-corrected chi connectivity index (χ1v) is 7.31. The monoisotopic (exact) mass is 264 g/mol. The van der Waals surface area contributed by atoms with Gasteiger partial charge in [-0.2, -0.15) is 0 Å². The van der Waals surface area contributed by atoms with E-state index in [4.69, 9.17) is 4.42 Å². The first kappa shape index (κ1) is 14.1. The van der Waals surface area contributed by atoms with Gasteiger partial charge in [0.1, 0.15) is 5.76 Å². The number of hydrogen-bond donors (Lipinski definition) is 1. The Labute approximate surface area is 115 Å². The van der Waals surface area contributed by atoms with Gasteiger partial charge in [-0.15, -0.1) is 0 Å². The Balaban J connectivity index is 2.19. The maximum atomic E-state index is 12.7. The Hall–Kier alpha value is -1.29. The highest BCUT2D eigenvalue weighted by molar-refractivity contribution is 5.95. The van der Waals surface area contributed by atoms with E-state index >= 15 is 0 Å². The second-order valence-electron chi connectivity index (χ2n) is 5.14. The Bertz CT molecular complexity index is 428.